The summed E-state index contributed by atoms with van der Waals surface area (Å²) in [7, 11) is 1.57. The lowest BCUT2D eigenvalue weighted by atomic mass is 10.2. The Bertz CT molecular complexity index is 1240. The van der Waals surface area contributed by atoms with Crippen LogP contribution in [-0.4, -0.2) is 32.6 Å². The van der Waals surface area contributed by atoms with E-state index in [0.717, 1.165) is 22.0 Å². The molecule has 0 aliphatic carbocycles. The normalized spacial score (nSPS) is 13.0. The standard InChI is InChI=1S/C21H16N4O3S2/c1-12(18(26)14(11-22)20-23-15-8-4-6-10-17(15)30-20)29-21-25-24-19(28-21)13-7-3-5-9-16(13)27-2/h3-10,12,26H,1-2H3/b18-14-. The number of methoxy groups -OCH3 is 1. The largest absolute Gasteiger partial charge is 0.510 e. The maximum absolute atomic E-state index is 10.7. The van der Waals surface area contributed by atoms with Crippen LogP contribution >= 0.6 is 23.1 Å². The molecule has 0 fully saturated rings. The lowest BCUT2D eigenvalue weighted by molar-refractivity contribution is 0.399. The Balaban J connectivity index is 1.59. The molecule has 9 heteroatoms. The molecular formula is C21H16N4O3S2. The van der Waals surface area contributed by atoms with Gasteiger partial charge in [0.15, 0.2) is 0 Å². The third-order valence-electron chi connectivity index (χ3n) is 4.28. The summed E-state index contributed by atoms with van der Waals surface area (Å²) in [5, 5.41) is 28.7. The molecule has 0 saturated carbocycles. The van der Waals surface area contributed by atoms with Crippen LogP contribution in [0.2, 0.25) is 0 Å². The maximum Gasteiger partial charge on any atom is 0.277 e. The van der Waals surface area contributed by atoms with E-state index in [9.17, 15) is 10.4 Å². The van der Waals surface area contributed by atoms with E-state index in [2.05, 4.69) is 21.3 Å². The average molecular weight is 437 g/mol. The van der Waals surface area contributed by atoms with Crippen LogP contribution in [0.4, 0.5) is 0 Å². The monoisotopic (exact) mass is 436 g/mol. The van der Waals surface area contributed by atoms with Crippen molar-refractivity contribution in [3.63, 3.8) is 0 Å². The minimum Gasteiger partial charge on any atom is -0.510 e. The molecule has 150 valence electrons. The SMILES string of the molecule is COc1ccccc1-c1nnc(SC(C)/C(O)=C(\C#N)c2nc3ccccc3s2)o1. The Labute approximate surface area is 180 Å². The molecule has 0 saturated heterocycles. The third-order valence-corrected chi connectivity index (χ3v) is 6.28. The molecular weight excluding hydrogens is 420 g/mol. The van der Waals surface area contributed by atoms with Gasteiger partial charge in [0, 0.05) is 0 Å². The number of benzene rings is 2. The Kier molecular flexibility index (Phi) is 5.70. The van der Waals surface area contributed by atoms with E-state index in [1.807, 2.05) is 42.5 Å². The molecule has 4 rings (SSSR count). The molecule has 4 aromatic rings. The van der Waals surface area contributed by atoms with Crippen LogP contribution in [0.15, 0.2) is 63.9 Å². The van der Waals surface area contributed by atoms with Gasteiger partial charge in [-0.15, -0.1) is 21.5 Å². The molecule has 1 unspecified atom stereocenters. The highest BCUT2D eigenvalue weighted by atomic mass is 32.2. The van der Waals surface area contributed by atoms with Crippen LogP contribution in [0.3, 0.4) is 0 Å². The fourth-order valence-corrected chi connectivity index (χ4v) is 4.51. The highest BCUT2D eigenvalue weighted by molar-refractivity contribution is 7.99. The van der Waals surface area contributed by atoms with Gasteiger partial charge < -0.3 is 14.3 Å². The van der Waals surface area contributed by atoms with Crippen molar-refractivity contribution in [3.05, 3.63) is 59.3 Å². The first-order valence-corrected chi connectivity index (χ1v) is 10.6. The summed E-state index contributed by atoms with van der Waals surface area (Å²) in [6.45, 7) is 1.76. The first-order chi connectivity index (χ1) is 14.6. The van der Waals surface area contributed by atoms with E-state index < -0.39 is 5.25 Å². The van der Waals surface area contributed by atoms with E-state index in [-0.39, 0.29) is 16.6 Å². The van der Waals surface area contributed by atoms with E-state index in [1.165, 1.54) is 11.3 Å². The number of aliphatic hydroxyl groups excluding tert-OH is 1. The van der Waals surface area contributed by atoms with Gasteiger partial charge in [0.2, 0.25) is 0 Å². The summed E-state index contributed by atoms with van der Waals surface area (Å²) in [6.07, 6.45) is 0. The molecule has 0 bridgehead atoms. The summed E-state index contributed by atoms with van der Waals surface area (Å²) in [5.41, 5.74) is 1.61. The van der Waals surface area contributed by atoms with Crippen molar-refractivity contribution in [1.29, 1.82) is 5.26 Å². The third kappa shape index (κ3) is 3.87. The minimum absolute atomic E-state index is 0.0846. The number of thiazole rings is 1. The van der Waals surface area contributed by atoms with Crippen molar-refractivity contribution in [1.82, 2.24) is 15.2 Å². The van der Waals surface area contributed by atoms with Gasteiger partial charge in [0.25, 0.3) is 11.1 Å². The molecule has 0 aliphatic rings. The van der Waals surface area contributed by atoms with Gasteiger partial charge in [-0.3, -0.25) is 0 Å². The van der Waals surface area contributed by atoms with E-state index in [1.54, 1.807) is 20.1 Å². The van der Waals surface area contributed by atoms with E-state index in [0.29, 0.717) is 22.2 Å². The number of para-hydroxylation sites is 2. The van der Waals surface area contributed by atoms with Gasteiger partial charge in [-0.1, -0.05) is 36.0 Å². The summed E-state index contributed by atoms with van der Waals surface area (Å²) in [6, 6.07) is 17.0. The summed E-state index contributed by atoms with van der Waals surface area (Å²) in [4.78, 5) is 4.46. The molecule has 1 atom stereocenters. The summed E-state index contributed by atoms with van der Waals surface area (Å²) in [5.74, 6) is 0.854. The highest BCUT2D eigenvalue weighted by Crippen LogP contribution is 2.35. The van der Waals surface area contributed by atoms with Crippen molar-refractivity contribution in [3.8, 4) is 23.3 Å². The average Bonchev–Trinajstić information content (AvgIpc) is 3.41. The Morgan fingerprint density at radius 2 is 1.97 bits per heavy atom. The molecule has 2 heterocycles. The first kappa shape index (κ1) is 19.9. The van der Waals surface area contributed by atoms with Gasteiger partial charge in [0.1, 0.15) is 28.2 Å². The van der Waals surface area contributed by atoms with Crippen LogP contribution in [0.1, 0.15) is 11.9 Å². The lowest BCUT2D eigenvalue weighted by Gasteiger charge is -2.08. The van der Waals surface area contributed by atoms with Crippen LogP contribution in [0, 0.1) is 11.3 Å². The van der Waals surface area contributed by atoms with Crippen LogP contribution in [0.25, 0.3) is 27.2 Å². The van der Waals surface area contributed by atoms with Gasteiger partial charge in [-0.2, -0.15) is 5.26 Å². The molecule has 0 spiro atoms. The number of ether oxygens (including phenoxy) is 1. The van der Waals surface area contributed by atoms with Crippen molar-refractivity contribution in [2.75, 3.05) is 7.11 Å². The number of thioether (sulfide) groups is 1. The first-order valence-electron chi connectivity index (χ1n) is 8.93. The topological polar surface area (TPSA) is 105 Å². The Morgan fingerprint density at radius 3 is 2.73 bits per heavy atom. The smallest absolute Gasteiger partial charge is 0.277 e. The minimum atomic E-state index is -0.488. The second kappa shape index (κ2) is 8.57. The Hall–Kier alpha value is -3.35. The molecule has 30 heavy (non-hydrogen) atoms. The van der Waals surface area contributed by atoms with E-state index >= 15 is 0 Å². The highest BCUT2D eigenvalue weighted by Gasteiger charge is 2.22. The van der Waals surface area contributed by atoms with Gasteiger partial charge in [-0.25, -0.2) is 4.98 Å². The molecule has 2 aromatic heterocycles. The molecule has 2 aromatic carbocycles. The van der Waals surface area contributed by atoms with Gasteiger partial charge in [-0.05, 0) is 31.2 Å². The number of aromatic nitrogens is 3. The zero-order chi connectivity index (χ0) is 21.1. The van der Waals surface area contributed by atoms with Crippen molar-refractivity contribution in [2.24, 2.45) is 0 Å². The quantitative estimate of drug-likeness (QED) is 0.246. The van der Waals surface area contributed by atoms with Gasteiger partial charge in [0.05, 0.1) is 28.1 Å². The number of aliphatic hydroxyl groups is 1. The number of hydrogen-bond donors (Lipinski definition) is 1. The predicted molar refractivity (Wildman–Crippen MR) is 116 cm³/mol. The molecule has 0 aliphatic heterocycles. The molecule has 0 amide bonds. The fourth-order valence-electron chi connectivity index (χ4n) is 2.79. The second-order valence-electron chi connectivity index (χ2n) is 6.19. The zero-order valence-electron chi connectivity index (χ0n) is 16.1. The number of nitriles is 1. The van der Waals surface area contributed by atoms with Crippen LogP contribution in [-0.2, 0) is 0 Å². The second-order valence-corrected chi connectivity index (χ2v) is 8.51. The Morgan fingerprint density at radius 1 is 1.20 bits per heavy atom. The van der Waals surface area contributed by atoms with Crippen molar-refractivity contribution in [2.45, 2.75) is 17.4 Å². The number of fused-ring (bicyclic) bond motifs is 1. The predicted octanol–water partition coefficient (Wildman–Crippen LogP) is 5.33. The number of nitrogens with zero attached hydrogens (tertiary/aromatic N) is 4. The van der Waals surface area contributed by atoms with E-state index in [4.69, 9.17) is 9.15 Å². The van der Waals surface area contributed by atoms with Crippen molar-refractivity contribution >= 4 is 38.9 Å². The summed E-state index contributed by atoms with van der Waals surface area (Å²) >= 11 is 2.52. The fraction of sp³-hybridized carbons (Fsp3) is 0.143. The maximum atomic E-state index is 10.7. The van der Waals surface area contributed by atoms with Crippen LogP contribution < -0.4 is 4.74 Å². The number of rotatable bonds is 6. The summed E-state index contributed by atoms with van der Waals surface area (Å²) < 4.78 is 12.0. The number of allylic oxidation sites excluding steroid dienone is 1. The molecule has 0 radical (unpaired) electrons. The molecule has 7 nitrogen and oxygen atoms in total. The lowest BCUT2D eigenvalue weighted by Crippen LogP contribution is -2.04. The zero-order valence-corrected chi connectivity index (χ0v) is 17.7. The molecule has 1 N–H and O–H groups in total. The van der Waals surface area contributed by atoms with Crippen LogP contribution in [0.5, 0.6) is 5.75 Å². The van der Waals surface area contributed by atoms with Crippen molar-refractivity contribution < 1.29 is 14.3 Å². The number of hydrogen-bond acceptors (Lipinski definition) is 9. The van der Waals surface area contributed by atoms with Gasteiger partial charge >= 0.3 is 0 Å².